The van der Waals surface area contributed by atoms with E-state index in [9.17, 15) is 4.79 Å². The smallest absolute Gasteiger partial charge is 0.265 e. The molecule has 0 radical (unpaired) electrons. The normalized spacial score (nSPS) is 10.5. The van der Waals surface area contributed by atoms with Gasteiger partial charge in [0.05, 0.1) is 32.1 Å². The SMILES string of the molecule is COCc1nc(-c2cccc(OC)c2OC)[nH]c(=O)c1Br. The fourth-order valence-electron chi connectivity index (χ4n) is 1.94. The van der Waals surface area contributed by atoms with E-state index in [1.54, 1.807) is 32.4 Å². The lowest BCUT2D eigenvalue weighted by Gasteiger charge is -2.13. The second kappa shape index (κ2) is 6.73. The van der Waals surface area contributed by atoms with Crippen LogP contribution in [0, 0.1) is 0 Å². The number of rotatable bonds is 5. The molecule has 21 heavy (non-hydrogen) atoms. The summed E-state index contributed by atoms with van der Waals surface area (Å²) >= 11 is 3.21. The highest BCUT2D eigenvalue weighted by Crippen LogP contribution is 2.36. The fourth-order valence-corrected chi connectivity index (χ4v) is 2.24. The van der Waals surface area contributed by atoms with Crippen molar-refractivity contribution in [3.05, 3.63) is 38.7 Å². The lowest BCUT2D eigenvalue weighted by Crippen LogP contribution is -2.14. The second-order valence-electron chi connectivity index (χ2n) is 4.15. The Balaban J connectivity index is 2.64. The fraction of sp³-hybridized carbons (Fsp3) is 0.286. The summed E-state index contributed by atoms with van der Waals surface area (Å²) in [7, 11) is 4.63. The first-order chi connectivity index (χ1) is 10.1. The molecule has 1 N–H and O–H groups in total. The summed E-state index contributed by atoms with van der Waals surface area (Å²) in [6.45, 7) is 0.226. The van der Waals surface area contributed by atoms with Crippen molar-refractivity contribution in [2.75, 3.05) is 21.3 Å². The summed E-state index contributed by atoms with van der Waals surface area (Å²) < 4.78 is 16.0. The van der Waals surface area contributed by atoms with Gasteiger partial charge >= 0.3 is 0 Å². The maximum atomic E-state index is 12.0. The molecule has 2 aromatic rings. The molecule has 1 aromatic heterocycles. The summed E-state index contributed by atoms with van der Waals surface area (Å²) in [5.74, 6) is 1.47. The first-order valence-corrected chi connectivity index (χ1v) is 6.90. The van der Waals surface area contributed by atoms with Crippen LogP contribution in [0.4, 0.5) is 0 Å². The van der Waals surface area contributed by atoms with Crippen LogP contribution in [0.5, 0.6) is 11.5 Å². The number of nitrogens with zero attached hydrogens (tertiary/aromatic N) is 1. The van der Waals surface area contributed by atoms with Crippen molar-refractivity contribution in [1.82, 2.24) is 9.97 Å². The molecule has 0 unspecified atom stereocenters. The van der Waals surface area contributed by atoms with Gasteiger partial charge in [0, 0.05) is 7.11 Å². The minimum atomic E-state index is -0.281. The number of methoxy groups -OCH3 is 3. The van der Waals surface area contributed by atoms with Crippen molar-refractivity contribution in [3.8, 4) is 22.9 Å². The molecule has 0 spiro atoms. The van der Waals surface area contributed by atoms with Crippen LogP contribution in [0.3, 0.4) is 0 Å². The number of nitrogens with one attached hydrogen (secondary N) is 1. The van der Waals surface area contributed by atoms with E-state index < -0.39 is 0 Å². The van der Waals surface area contributed by atoms with Gasteiger partial charge in [0.1, 0.15) is 10.3 Å². The van der Waals surface area contributed by atoms with Crippen LogP contribution < -0.4 is 15.0 Å². The molecule has 2 rings (SSSR count). The van der Waals surface area contributed by atoms with E-state index >= 15 is 0 Å². The van der Waals surface area contributed by atoms with Gasteiger partial charge in [-0.25, -0.2) is 4.98 Å². The molecule has 112 valence electrons. The molecule has 0 fully saturated rings. The van der Waals surface area contributed by atoms with E-state index in [1.807, 2.05) is 0 Å². The topological polar surface area (TPSA) is 73.4 Å². The molecule has 0 amide bonds. The summed E-state index contributed by atoms with van der Waals surface area (Å²) in [5.41, 5.74) is 0.872. The zero-order chi connectivity index (χ0) is 15.4. The predicted octanol–water partition coefficient (Wildman–Crippen LogP) is 2.36. The minimum absolute atomic E-state index is 0.226. The van der Waals surface area contributed by atoms with Crippen LogP contribution in [0.2, 0.25) is 0 Å². The first-order valence-electron chi connectivity index (χ1n) is 6.11. The third kappa shape index (κ3) is 3.08. The largest absolute Gasteiger partial charge is 0.493 e. The highest BCUT2D eigenvalue weighted by molar-refractivity contribution is 9.10. The van der Waals surface area contributed by atoms with E-state index in [0.29, 0.717) is 33.1 Å². The Labute approximate surface area is 130 Å². The molecule has 0 atom stereocenters. The zero-order valence-corrected chi connectivity index (χ0v) is 13.5. The Kier molecular flexibility index (Phi) is 4.98. The van der Waals surface area contributed by atoms with Gasteiger partial charge < -0.3 is 19.2 Å². The average molecular weight is 355 g/mol. The molecular formula is C14H15BrN2O4. The number of hydrogen-bond acceptors (Lipinski definition) is 5. The summed E-state index contributed by atoms with van der Waals surface area (Å²) in [6.07, 6.45) is 0. The standard InChI is InChI=1S/C14H15BrN2O4/c1-19-7-9-11(15)14(18)17-13(16-9)8-5-4-6-10(20-2)12(8)21-3/h4-6H,7H2,1-3H3,(H,16,17,18). The number of hydrogen-bond donors (Lipinski definition) is 1. The van der Waals surface area contributed by atoms with Crippen LogP contribution in [0.25, 0.3) is 11.4 Å². The number of ether oxygens (including phenoxy) is 3. The Morgan fingerprint density at radius 2 is 2.00 bits per heavy atom. The van der Waals surface area contributed by atoms with E-state index in [2.05, 4.69) is 25.9 Å². The molecular weight excluding hydrogens is 340 g/mol. The highest BCUT2D eigenvalue weighted by Gasteiger charge is 2.16. The number of H-pyrrole nitrogens is 1. The van der Waals surface area contributed by atoms with Crippen molar-refractivity contribution in [2.24, 2.45) is 0 Å². The zero-order valence-electron chi connectivity index (χ0n) is 11.9. The minimum Gasteiger partial charge on any atom is -0.493 e. The Hall–Kier alpha value is -1.86. The molecule has 0 aliphatic carbocycles. The number of benzene rings is 1. The summed E-state index contributed by atoms with van der Waals surface area (Å²) in [6, 6.07) is 5.37. The van der Waals surface area contributed by atoms with Crippen molar-refractivity contribution < 1.29 is 14.2 Å². The van der Waals surface area contributed by atoms with Gasteiger partial charge in [-0.1, -0.05) is 6.07 Å². The molecule has 7 heteroatoms. The van der Waals surface area contributed by atoms with Crippen LogP contribution in [-0.4, -0.2) is 31.3 Å². The second-order valence-corrected chi connectivity index (χ2v) is 4.94. The number of para-hydroxylation sites is 1. The Morgan fingerprint density at radius 3 is 2.62 bits per heavy atom. The summed E-state index contributed by atoms with van der Waals surface area (Å²) in [4.78, 5) is 19.1. The third-order valence-electron chi connectivity index (χ3n) is 2.87. The molecule has 0 saturated carbocycles. The first kappa shape index (κ1) is 15.5. The maximum Gasteiger partial charge on any atom is 0.265 e. The number of halogens is 1. The number of aromatic amines is 1. The lowest BCUT2D eigenvalue weighted by molar-refractivity contribution is 0.180. The van der Waals surface area contributed by atoms with Crippen molar-refractivity contribution in [3.63, 3.8) is 0 Å². The quantitative estimate of drug-likeness (QED) is 0.892. The van der Waals surface area contributed by atoms with Gasteiger partial charge in [-0.2, -0.15) is 0 Å². The molecule has 1 heterocycles. The predicted molar refractivity (Wildman–Crippen MR) is 81.8 cm³/mol. The van der Waals surface area contributed by atoms with Gasteiger partial charge in [0.25, 0.3) is 5.56 Å². The number of aromatic nitrogens is 2. The van der Waals surface area contributed by atoms with Gasteiger partial charge in [-0.15, -0.1) is 0 Å². The maximum absolute atomic E-state index is 12.0. The Bertz CT molecular complexity index is 700. The molecule has 0 aliphatic rings. The average Bonchev–Trinajstić information content (AvgIpc) is 2.50. The van der Waals surface area contributed by atoms with Crippen molar-refractivity contribution in [2.45, 2.75) is 6.61 Å². The van der Waals surface area contributed by atoms with Gasteiger partial charge in [0.2, 0.25) is 0 Å². The molecule has 0 saturated heterocycles. The van der Waals surface area contributed by atoms with Gasteiger partial charge in [-0.3, -0.25) is 4.79 Å². The highest BCUT2D eigenvalue weighted by atomic mass is 79.9. The molecule has 0 bridgehead atoms. The van der Waals surface area contributed by atoms with Gasteiger partial charge in [0.15, 0.2) is 11.5 Å². The third-order valence-corrected chi connectivity index (χ3v) is 3.69. The lowest BCUT2D eigenvalue weighted by atomic mass is 10.1. The van der Waals surface area contributed by atoms with E-state index in [0.717, 1.165) is 0 Å². The van der Waals surface area contributed by atoms with Crippen LogP contribution in [0.15, 0.2) is 27.5 Å². The molecule has 1 aromatic carbocycles. The van der Waals surface area contributed by atoms with Crippen molar-refractivity contribution >= 4 is 15.9 Å². The van der Waals surface area contributed by atoms with Crippen molar-refractivity contribution in [1.29, 1.82) is 0 Å². The van der Waals surface area contributed by atoms with E-state index in [-0.39, 0.29) is 12.2 Å². The van der Waals surface area contributed by atoms with E-state index in [1.165, 1.54) is 7.11 Å². The van der Waals surface area contributed by atoms with Crippen LogP contribution >= 0.6 is 15.9 Å². The monoisotopic (exact) mass is 354 g/mol. The Morgan fingerprint density at radius 1 is 1.24 bits per heavy atom. The van der Waals surface area contributed by atoms with Crippen LogP contribution in [0.1, 0.15) is 5.69 Å². The van der Waals surface area contributed by atoms with Crippen LogP contribution in [-0.2, 0) is 11.3 Å². The van der Waals surface area contributed by atoms with E-state index in [4.69, 9.17) is 14.2 Å². The molecule has 6 nitrogen and oxygen atoms in total. The molecule has 0 aliphatic heterocycles. The summed E-state index contributed by atoms with van der Waals surface area (Å²) in [5, 5.41) is 0. The van der Waals surface area contributed by atoms with Gasteiger partial charge in [-0.05, 0) is 28.1 Å².